The van der Waals surface area contributed by atoms with Crippen molar-refractivity contribution in [1.29, 1.82) is 0 Å². The first-order chi connectivity index (χ1) is 29.5. The molecule has 0 N–H and O–H groups in total. The quantitative estimate of drug-likeness (QED) is 0.0424. The summed E-state index contributed by atoms with van der Waals surface area (Å²) in [5.74, 6) is -71.4. The number of hydrogen-bond donors (Lipinski definition) is 1. The maximum atomic E-state index is 15.4. The van der Waals surface area contributed by atoms with Crippen LogP contribution < -0.4 is 26.4 Å². The molecule has 0 saturated carbocycles. The number of aromatic nitrogens is 1. The fraction of sp³-hybridized carbons (Fsp3) is 0.0250. The number of fused-ring (bicyclic) bond motifs is 1. The number of rotatable bonds is 6. The molecule has 0 saturated heterocycles. The fourth-order valence-corrected chi connectivity index (χ4v) is 7.18. The zero-order valence-corrected chi connectivity index (χ0v) is 31.0. The number of hydrogen-bond acceptors (Lipinski definition) is 1. The maximum Gasteiger partial charge on any atom is 0.212 e. The van der Waals surface area contributed by atoms with Crippen molar-refractivity contribution in [2.75, 3.05) is 0 Å². The van der Waals surface area contributed by atoms with Crippen LogP contribution in [-0.4, -0.2) is 6.15 Å². The van der Waals surface area contributed by atoms with Gasteiger partial charge in [-0.2, -0.15) is 4.57 Å². The third kappa shape index (κ3) is 7.28. The van der Waals surface area contributed by atoms with Gasteiger partial charge in [-0.15, -0.1) is 34.5 Å². The molecular weight excluding hydrogens is 917 g/mol. The highest BCUT2D eigenvalue weighted by Gasteiger charge is 2.52. The molecule has 63 heavy (non-hydrogen) atoms. The normalized spacial score (nSPS) is 11.6. The van der Waals surface area contributed by atoms with Crippen molar-refractivity contribution in [3.05, 3.63) is 189 Å². The van der Waals surface area contributed by atoms with Crippen LogP contribution in [-0.2, 0) is 6.54 Å². The van der Waals surface area contributed by atoms with Crippen molar-refractivity contribution >= 4 is 51.5 Å². The molecule has 1 nitrogen and oxygen atoms in total. The summed E-state index contributed by atoms with van der Waals surface area (Å²) >= 11 is 4.31. The van der Waals surface area contributed by atoms with Crippen LogP contribution in [0, 0.1) is 116 Å². The van der Waals surface area contributed by atoms with Gasteiger partial charge in [-0.25, -0.2) is 87.8 Å². The highest BCUT2D eigenvalue weighted by atomic mass is 32.1. The molecule has 0 radical (unpaired) electrons. The molecule has 0 aliphatic carbocycles. The lowest BCUT2D eigenvalue weighted by Gasteiger charge is -2.44. The summed E-state index contributed by atoms with van der Waals surface area (Å²) in [6.07, 6.45) is -5.10. The number of pyridine rings is 1. The SMILES string of the molecule is Fc1c(F)c(F)c([B-](c2c(F)c(F)c(F)c(F)c2F)(c2c(F)c(F)c(F)c(F)c2F)c2c(F)c(F)c(F)c(F)c2F)c(F)c1F.Sc1ccc(C[n+]2cccc3ccccc32)cc1. The first-order valence-corrected chi connectivity index (χ1v) is 17.4. The van der Waals surface area contributed by atoms with Crippen molar-refractivity contribution in [1.82, 2.24) is 0 Å². The highest BCUT2D eigenvalue weighted by Crippen LogP contribution is 2.31. The van der Waals surface area contributed by atoms with Gasteiger partial charge in [0, 0.05) is 28.0 Å². The Morgan fingerprint density at radius 3 is 0.921 bits per heavy atom. The molecule has 0 amide bonds. The van der Waals surface area contributed by atoms with E-state index in [2.05, 4.69) is 71.9 Å². The largest absolute Gasteiger partial charge is 0.212 e. The highest BCUT2D eigenvalue weighted by molar-refractivity contribution is 7.80. The van der Waals surface area contributed by atoms with Gasteiger partial charge in [-0.05, 0) is 24.3 Å². The minimum atomic E-state index is -7.22. The lowest BCUT2D eigenvalue weighted by atomic mass is 9.12. The van der Waals surface area contributed by atoms with Gasteiger partial charge in [-0.3, -0.25) is 0 Å². The predicted octanol–water partition coefficient (Wildman–Crippen LogP) is 9.31. The van der Waals surface area contributed by atoms with E-state index < -0.39 is 144 Å². The molecule has 0 fully saturated rings. The van der Waals surface area contributed by atoms with Crippen LogP contribution in [0.2, 0.25) is 0 Å². The predicted molar refractivity (Wildman–Crippen MR) is 186 cm³/mol. The van der Waals surface area contributed by atoms with Crippen LogP contribution >= 0.6 is 12.6 Å². The smallest absolute Gasteiger partial charge is 0.207 e. The van der Waals surface area contributed by atoms with E-state index in [1.165, 1.54) is 16.5 Å². The second-order valence-electron chi connectivity index (χ2n) is 13.2. The van der Waals surface area contributed by atoms with Gasteiger partial charge < -0.3 is 0 Å². The van der Waals surface area contributed by atoms with Crippen molar-refractivity contribution in [3.8, 4) is 0 Å². The van der Waals surface area contributed by atoms with Gasteiger partial charge >= 0.3 is 0 Å². The molecule has 23 heteroatoms. The second kappa shape index (κ2) is 17.1. The maximum absolute atomic E-state index is 15.4. The van der Waals surface area contributed by atoms with Gasteiger partial charge in [0.05, 0.1) is 0 Å². The number of halogens is 20. The molecule has 1 heterocycles. The van der Waals surface area contributed by atoms with Crippen LogP contribution in [0.5, 0.6) is 0 Å². The monoisotopic (exact) mass is 931 g/mol. The molecule has 0 aliphatic heterocycles. The second-order valence-corrected chi connectivity index (χ2v) is 13.7. The first-order valence-electron chi connectivity index (χ1n) is 16.9. The molecule has 328 valence electrons. The minimum absolute atomic E-state index is 0.884. The Labute approximate surface area is 343 Å². The Morgan fingerprint density at radius 2 is 0.603 bits per heavy atom. The van der Waals surface area contributed by atoms with E-state index in [4.69, 9.17) is 0 Å². The van der Waals surface area contributed by atoms with E-state index in [1.54, 1.807) is 0 Å². The zero-order chi connectivity index (χ0) is 46.7. The van der Waals surface area contributed by atoms with Crippen LogP contribution in [0.1, 0.15) is 5.56 Å². The van der Waals surface area contributed by atoms with E-state index in [-0.39, 0.29) is 0 Å². The summed E-state index contributed by atoms with van der Waals surface area (Å²) in [5.41, 5.74) is -11.8. The Morgan fingerprint density at radius 1 is 0.333 bits per heavy atom. The third-order valence-corrected chi connectivity index (χ3v) is 10.1. The summed E-state index contributed by atoms with van der Waals surface area (Å²) < 4.78 is 296. The standard InChI is InChI=1S/C24BF20.C16H13NS/c26-5-1(6(27)14(35)21(42)13(5)34)25(2-7(28)15(36)22(43)16(37)8(2)29,3-9(30)17(38)23(44)18(39)10(3)31)4-11(32)19(40)24(45)20(41)12(4)33;18-15-9-7-13(8-10-15)12-17-11-3-5-14-4-1-2-6-16(14)17/h;1-11H,12H2/q-1;/p+1. The van der Waals surface area contributed by atoms with Crippen molar-refractivity contribution < 1.29 is 92.4 Å². The summed E-state index contributed by atoms with van der Waals surface area (Å²) in [7, 11) is 0. The van der Waals surface area contributed by atoms with E-state index in [0.717, 1.165) is 11.4 Å². The molecule has 7 rings (SSSR count). The fourth-order valence-electron chi connectivity index (χ4n) is 7.03. The van der Waals surface area contributed by atoms with Gasteiger partial charge in [0.25, 0.3) is 0 Å². The Hall–Kier alpha value is -6.26. The Balaban J connectivity index is 0.000000302. The summed E-state index contributed by atoms with van der Waals surface area (Å²) in [6.45, 7) is 0.884. The van der Waals surface area contributed by atoms with Gasteiger partial charge in [0.1, 0.15) is 52.7 Å². The summed E-state index contributed by atoms with van der Waals surface area (Å²) in [4.78, 5) is 1.00. The van der Waals surface area contributed by atoms with Crippen LogP contribution in [0.4, 0.5) is 87.8 Å². The van der Waals surface area contributed by atoms with Gasteiger partial charge in [-0.1, -0.05) is 24.3 Å². The van der Waals surface area contributed by atoms with E-state index >= 15 is 35.1 Å². The number of thiol groups is 1. The summed E-state index contributed by atoms with van der Waals surface area (Å²) in [5, 5.41) is 1.27. The number of benzene rings is 6. The molecule has 0 bridgehead atoms. The molecule has 6 aromatic carbocycles. The van der Waals surface area contributed by atoms with Crippen LogP contribution in [0.3, 0.4) is 0 Å². The Bertz CT molecular complexity index is 2610. The van der Waals surface area contributed by atoms with E-state index in [9.17, 15) is 52.7 Å². The number of para-hydroxylation sites is 1. The van der Waals surface area contributed by atoms with Crippen molar-refractivity contribution in [3.63, 3.8) is 0 Å². The zero-order valence-electron chi connectivity index (χ0n) is 30.1. The molecule has 1 aromatic heterocycles. The lowest BCUT2D eigenvalue weighted by molar-refractivity contribution is -0.662. The van der Waals surface area contributed by atoms with Gasteiger partial charge in [0.15, 0.2) is 82.5 Å². The molecule has 7 aromatic rings. The lowest BCUT2D eigenvalue weighted by Crippen LogP contribution is -2.81. The molecule has 0 spiro atoms. The molecular formula is C40H14BF20NS. The van der Waals surface area contributed by atoms with Crippen LogP contribution in [0.15, 0.2) is 71.8 Å². The average molecular weight is 931 g/mol. The topological polar surface area (TPSA) is 3.88 Å². The van der Waals surface area contributed by atoms with Gasteiger partial charge in [0.2, 0.25) is 5.52 Å². The average Bonchev–Trinajstić information content (AvgIpc) is 3.27. The first kappa shape index (κ1) is 46.3. The summed E-state index contributed by atoms with van der Waals surface area (Å²) in [6, 6.07) is 21.0. The minimum Gasteiger partial charge on any atom is -0.207 e. The molecule has 0 aliphatic rings. The number of nitrogens with zero attached hydrogens (tertiary/aromatic N) is 1. The third-order valence-electron chi connectivity index (χ3n) is 9.78. The van der Waals surface area contributed by atoms with Crippen molar-refractivity contribution in [2.24, 2.45) is 0 Å². The van der Waals surface area contributed by atoms with E-state index in [0.29, 0.717) is 0 Å². The van der Waals surface area contributed by atoms with E-state index in [1.807, 2.05) is 12.1 Å². The van der Waals surface area contributed by atoms with Crippen LogP contribution in [0.25, 0.3) is 10.9 Å². The molecule has 0 unspecified atom stereocenters. The Kier molecular flexibility index (Phi) is 12.6. The van der Waals surface area contributed by atoms with Crippen molar-refractivity contribution in [2.45, 2.75) is 11.4 Å². The molecule has 0 atom stereocenters.